The van der Waals surface area contributed by atoms with E-state index in [1.54, 1.807) is 7.11 Å². The zero-order valence-corrected chi connectivity index (χ0v) is 17.3. The molecule has 0 aliphatic rings. The minimum Gasteiger partial charge on any atom is -0.543 e. The Morgan fingerprint density at radius 1 is 1.04 bits per heavy atom. The third-order valence-electron chi connectivity index (χ3n) is 4.67. The van der Waals surface area contributed by atoms with Crippen molar-refractivity contribution in [2.75, 3.05) is 13.7 Å². The molecule has 0 saturated heterocycles. The minimum atomic E-state index is -2.01. The summed E-state index contributed by atoms with van der Waals surface area (Å²) < 4.78 is 11.7. The van der Waals surface area contributed by atoms with E-state index < -0.39 is 8.32 Å². The first-order valence-corrected chi connectivity index (χ1v) is 10.9. The van der Waals surface area contributed by atoms with Crippen LogP contribution in [0.3, 0.4) is 0 Å². The van der Waals surface area contributed by atoms with E-state index in [1.165, 1.54) is 0 Å². The Kier molecular flexibility index (Phi) is 7.79. The zero-order chi connectivity index (χ0) is 18.3. The lowest BCUT2D eigenvalue weighted by Crippen LogP contribution is -2.47. The summed E-state index contributed by atoms with van der Waals surface area (Å²) in [5, 5.41) is 0. The van der Waals surface area contributed by atoms with Gasteiger partial charge in [0.2, 0.25) is 0 Å². The van der Waals surface area contributed by atoms with Gasteiger partial charge in [0, 0.05) is 18.2 Å². The van der Waals surface area contributed by atoms with Crippen LogP contribution < -0.4 is 0 Å². The van der Waals surface area contributed by atoms with Crippen LogP contribution in [0.4, 0.5) is 0 Å². The van der Waals surface area contributed by atoms with Gasteiger partial charge in [-0.3, -0.25) is 0 Å². The van der Waals surface area contributed by atoms with Gasteiger partial charge in [-0.15, -0.1) is 0 Å². The van der Waals surface area contributed by atoms with Gasteiger partial charge in [0.25, 0.3) is 8.32 Å². The van der Waals surface area contributed by atoms with Crippen LogP contribution in [-0.2, 0) is 9.16 Å². The van der Waals surface area contributed by atoms with E-state index in [0.29, 0.717) is 23.2 Å². The number of hydrogen-bond acceptors (Lipinski definition) is 2. The molecule has 0 amide bonds. The number of methoxy groups -OCH3 is 1. The molecular formula is C21H32O2Si. The molecule has 24 heavy (non-hydrogen) atoms. The van der Waals surface area contributed by atoms with Crippen LogP contribution in [-0.4, -0.2) is 22.0 Å². The Labute approximate surface area is 149 Å². The molecule has 132 valence electrons. The standard InChI is InChI=1S/C21H32O2Si/c1-16(2)24(17(3)4,18(5)6)23-19(7)21-14-10-9-12-20(21)13-11-15-22-8/h9-10,12,14,16-18H,7,15H2,1-6,8H3. The Morgan fingerprint density at radius 3 is 2.08 bits per heavy atom. The maximum atomic E-state index is 6.70. The van der Waals surface area contributed by atoms with Crippen molar-refractivity contribution in [1.29, 1.82) is 0 Å². The fourth-order valence-electron chi connectivity index (χ4n) is 3.66. The fourth-order valence-corrected chi connectivity index (χ4v) is 8.90. The number of rotatable bonds is 7. The Morgan fingerprint density at radius 2 is 1.58 bits per heavy atom. The van der Waals surface area contributed by atoms with Crippen LogP contribution in [0.1, 0.15) is 52.7 Å². The molecule has 0 spiro atoms. The third-order valence-corrected chi connectivity index (χ3v) is 10.7. The molecule has 1 aromatic rings. The predicted molar refractivity (Wildman–Crippen MR) is 106 cm³/mol. The van der Waals surface area contributed by atoms with E-state index in [9.17, 15) is 0 Å². The van der Waals surface area contributed by atoms with Gasteiger partial charge >= 0.3 is 0 Å². The fraction of sp³-hybridized carbons (Fsp3) is 0.524. The normalized spacial score (nSPS) is 11.6. The Balaban J connectivity index is 3.21. The number of hydrogen-bond donors (Lipinski definition) is 0. The molecule has 0 N–H and O–H groups in total. The molecule has 0 atom stereocenters. The highest BCUT2D eigenvalue weighted by Crippen LogP contribution is 2.44. The van der Waals surface area contributed by atoms with Crippen LogP contribution >= 0.6 is 0 Å². The van der Waals surface area contributed by atoms with Crippen molar-refractivity contribution in [3.8, 4) is 11.8 Å². The molecule has 0 bridgehead atoms. The van der Waals surface area contributed by atoms with E-state index in [-0.39, 0.29) is 0 Å². The number of benzene rings is 1. The average molecular weight is 345 g/mol. The molecule has 1 aromatic carbocycles. The van der Waals surface area contributed by atoms with E-state index in [1.807, 2.05) is 24.3 Å². The summed E-state index contributed by atoms with van der Waals surface area (Å²) in [7, 11) is -0.358. The summed E-state index contributed by atoms with van der Waals surface area (Å²) in [5.41, 5.74) is 3.47. The van der Waals surface area contributed by atoms with Gasteiger partial charge in [-0.1, -0.05) is 78.2 Å². The van der Waals surface area contributed by atoms with Crippen LogP contribution in [0, 0.1) is 11.8 Å². The molecule has 0 fully saturated rings. The second-order valence-electron chi connectivity index (χ2n) is 7.12. The molecule has 0 aliphatic carbocycles. The van der Waals surface area contributed by atoms with Crippen molar-refractivity contribution in [2.24, 2.45) is 0 Å². The Hall–Kier alpha value is -1.50. The van der Waals surface area contributed by atoms with Crippen molar-refractivity contribution >= 4 is 14.1 Å². The lowest BCUT2D eigenvalue weighted by atomic mass is 10.1. The Bertz CT molecular complexity index is 584. The van der Waals surface area contributed by atoms with Gasteiger partial charge in [-0.05, 0) is 22.7 Å². The van der Waals surface area contributed by atoms with Crippen molar-refractivity contribution < 1.29 is 9.16 Å². The van der Waals surface area contributed by atoms with Crippen molar-refractivity contribution in [2.45, 2.75) is 58.2 Å². The molecule has 2 nitrogen and oxygen atoms in total. The summed E-state index contributed by atoms with van der Waals surface area (Å²) in [5.74, 6) is 6.94. The monoisotopic (exact) mass is 344 g/mol. The highest BCUT2D eigenvalue weighted by atomic mass is 28.4. The average Bonchev–Trinajstić information content (AvgIpc) is 2.52. The third kappa shape index (κ3) is 4.52. The number of ether oxygens (including phenoxy) is 1. The van der Waals surface area contributed by atoms with E-state index in [0.717, 1.165) is 16.9 Å². The predicted octanol–water partition coefficient (Wildman–Crippen LogP) is 5.85. The van der Waals surface area contributed by atoms with Crippen molar-refractivity contribution in [1.82, 2.24) is 0 Å². The highest BCUT2D eigenvalue weighted by molar-refractivity contribution is 6.78. The molecular weight excluding hydrogens is 312 g/mol. The van der Waals surface area contributed by atoms with Gasteiger partial charge in [-0.25, -0.2) is 0 Å². The summed E-state index contributed by atoms with van der Waals surface area (Å²) in [6.45, 7) is 18.4. The van der Waals surface area contributed by atoms with Crippen LogP contribution in [0.25, 0.3) is 5.76 Å². The second-order valence-corrected chi connectivity index (χ2v) is 12.5. The van der Waals surface area contributed by atoms with Crippen molar-refractivity contribution in [3.63, 3.8) is 0 Å². The molecule has 0 aliphatic heterocycles. The molecule has 0 saturated carbocycles. The summed E-state index contributed by atoms with van der Waals surface area (Å²) in [6, 6.07) is 8.05. The van der Waals surface area contributed by atoms with Gasteiger partial charge < -0.3 is 9.16 Å². The minimum absolute atomic E-state index is 0.421. The molecule has 1 rings (SSSR count). The first-order valence-electron chi connectivity index (χ1n) is 8.72. The van der Waals surface area contributed by atoms with E-state index >= 15 is 0 Å². The first kappa shape index (κ1) is 20.5. The highest BCUT2D eigenvalue weighted by Gasteiger charge is 2.47. The zero-order valence-electron chi connectivity index (χ0n) is 16.3. The van der Waals surface area contributed by atoms with Crippen LogP contribution in [0.15, 0.2) is 30.8 Å². The van der Waals surface area contributed by atoms with Gasteiger partial charge in [0.05, 0.1) is 0 Å². The SMILES string of the molecule is C=C(O[Si](C(C)C)(C(C)C)C(C)C)c1ccccc1C#CCOC. The first-order chi connectivity index (χ1) is 11.3. The van der Waals surface area contributed by atoms with E-state index in [4.69, 9.17) is 9.16 Å². The topological polar surface area (TPSA) is 18.5 Å². The lowest BCUT2D eigenvalue weighted by Gasteiger charge is -2.42. The van der Waals surface area contributed by atoms with Gasteiger partial charge in [0.1, 0.15) is 12.4 Å². The molecule has 0 radical (unpaired) electrons. The van der Waals surface area contributed by atoms with Crippen LogP contribution in [0.5, 0.6) is 0 Å². The van der Waals surface area contributed by atoms with Crippen molar-refractivity contribution in [3.05, 3.63) is 42.0 Å². The summed E-state index contributed by atoms with van der Waals surface area (Å²) in [6.07, 6.45) is 0. The van der Waals surface area contributed by atoms with Gasteiger partial charge in [-0.2, -0.15) is 0 Å². The van der Waals surface area contributed by atoms with Gasteiger partial charge in [0.15, 0.2) is 0 Å². The quantitative estimate of drug-likeness (QED) is 0.351. The maximum Gasteiger partial charge on any atom is 0.258 e. The molecule has 3 heteroatoms. The van der Waals surface area contributed by atoms with Crippen LogP contribution in [0.2, 0.25) is 16.6 Å². The van der Waals surface area contributed by atoms with E-state index in [2.05, 4.69) is 60.0 Å². The largest absolute Gasteiger partial charge is 0.543 e. The maximum absolute atomic E-state index is 6.70. The molecule has 0 heterocycles. The molecule has 0 unspecified atom stereocenters. The summed E-state index contributed by atoms with van der Waals surface area (Å²) >= 11 is 0. The lowest BCUT2D eigenvalue weighted by molar-refractivity contribution is 0.240. The smallest absolute Gasteiger partial charge is 0.258 e. The molecule has 0 aromatic heterocycles. The second kappa shape index (κ2) is 9.10. The summed E-state index contributed by atoms with van der Waals surface area (Å²) in [4.78, 5) is 0.